The highest BCUT2D eigenvalue weighted by Gasteiger charge is 2.45. The van der Waals surface area contributed by atoms with Crippen LogP contribution in [0.15, 0.2) is 35.2 Å². The standard InChI is InChI=1S/C18H16Cl3N3O6S/c1-30-17(26)13-7-8-24(13)31(28,29)16-10(20)5-6-12(15(16)25)23-18(27)22-11-4-2-3-9(19)14(11)21/h2-6,13,25H,7-8H2,1H3,(H2,22,23,27). The van der Waals surface area contributed by atoms with Crippen LogP contribution in [0.3, 0.4) is 0 Å². The molecule has 0 aliphatic carbocycles. The van der Waals surface area contributed by atoms with Gasteiger partial charge in [0, 0.05) is 6.54 Å². The molecule has 0 radical (unpaired) electrons. The van der Waals surface area contributed by atoms with E-state index in [1.165, 1.54) is 24.3 Å². The summed E-state index contributed by atoms with van der Waals surface area (Å²) in [6.07, 6.45) is 0.269. The van der Waals surface area contributed by atoms with Crippen molar-refractivity contribution in [2.45, 2.75) is 17.4 Å². The highest BCUT2D eigenvalue weighted by atomic mass is 35.5. The summed E-state index contributed by atoms with van der Waals surface area (Å²) in [5, 5.41) is 15.4. The van der Waals surface area contributed by atoms with E-state index in [1.54, 1.807) is 6.07 Å². The molecule has 1 unspecified atom stereocenters. The maximum Gasteiger partial charge on any atom is 0.324 e. The van der Waals surface area contributed by atoms with Crippen molar-refractivity contribution in [2.75, 3.05) is 24.3 Å². The first-order valence-corrected chi connectivity index (χ1v) is 11.3. The lowest BCUT2D eigenvalue weighted by molar-refractivity contribution is -0.148. The Labute approximate surface area is 192 Å². The molecule has 1 atom stereocenters. The van der Waals surface area contributed by atoms with E-state index in [-0.39, 0.29) is 39.4 Å². The number of rotatable bonds is 5. The number of aromatic hydroxyl groups is 1. The van der Waals surface area contributed by atoms with Crippen LogP contribution in [-0.4, -0.2) is 49.5 Å². The van der Waals surface area contributed by atoms with Crippen molar-refractivity contribution < 1.29 is 27.9 Å². The fraction of sp³-hybridized carbons (Fsp3) is 0.222. The van der Waals surface area contributed by atoms with E-state index in [0.717, 1.165) is 11.4 Å². The average molecular weight is 509 g/mol. The van der Waals surface area contributed by atoms with Gasteiger partial charge in [-0.2, -0.15) is 4.31 Å². The second-order valence-electron chi connectivity index (χ2n) is 6.40. The molecule has 1 aliphatic rings. The normalized spacial score (nSPS) is 16.3. The van der Waals surface area contributed by atoms with Gasteiger partial charge in [-0.1, -0.05) is 40.9 Å². The zero-order valence-electron chi connectivity index (χ0n) is 15.9. The third-order valence-corrected chi connectivity index (χ3v) is 7.77. The summed E-state index contributed by atoms with van der Waals surface area (Å²) >= 11 is 18.0. The smallest absolute Gasteiger partial charge is 0.324 e. The van der Waals surface area contributed by atoms with E-state index in [0.29, 0.717) is 0 Å². The van der Waals surface area contributed by atoms with Crippen molar-refractivity contribution in [2.24, 2.45) is 0 Å². The van der Waals surface area contributed by atoms with Gasteiger partial charge in [-0.25, -0.2) is 13.2 Å². The van der Waals surface area contributed by atoms with Crippen LogP contribution in [0.1, 0.15) is 6.42 Å². The van der Waals surface area contributed by atoms with Gasteiger partial charge in [0.05, 0.1) is 33.6 Å². The number of urea groups is 1. The van der Waals surface area contributed by atoms with Crippen LogP contribution in [0, 0.1) is 0 Å². The summed E-state index contributed by atoms with van der Waals surface area (Å²) < 4.78 is 31.5. The number of carbonyl (C=O) groups excluding carboxylic acids is 2. The van der Waals surface area contributed by atoms with E-state index in [9.17, 15) is 23.1 Å². The molecule has 2 amide bonds. The van der Waals surface area contributed by atoms with Crippen LogP contribution in [0.2, 0.25) is 15.1 Å². The van der Waals surface area contributed by atoms with Gasteiger partial charge in [0.2, 0.25) is 10.0 Å². The molecule has 166 valence electrons. The Bertz CT molecular complexity index is 1160. The number of hydrogen-bond donors (Lipinski definition) is 3. The largest absolute Gasteiger partial charge is 0.504 e. The van der Waals surface area contributed by atoms with E-state index in [1.807, 2.05) is 0 Å². The van der Waals surface area contributed by atoms with Gasteiger partial charge >= 0.3 is 12.0 Å². The monoisotopic (exact) mass is 507 g/mol. The minimum absolute atomic E-state index is 0.0449. The third kappa shape index (κ3) is 4.53. The highest BCUT2D eigenvalue weighted by molar-refractivity contribution is 7.89. The number of nitrogens with zero attached hydrogens (tertiary/aromatic N) is 1. The molecule has 1 aliphatic heterocycles. The van der Waals surface area contributed by atoms with Crippen LogP contribution in [-0.2, 0) is 19.6 Å². The summed E-state index contributed by atoms with van der Waals surface area (Å²) in [5.74, 6) is -1.51. The molecule has 31 heavy (non-hydrogen) atoms. The van der Waals surface area contributed by atoms with Gasteiger partial charge in [0.15, 0.2) is 5.75 Å². The third-order valence-electron chi connectivity index (χ3n) is 4.54. The highest BCUT2D eigenvalue weighted by Crippen LogP contribution is 2.41. The Morgan fingerprint density at radius 1 is 1.10 bits per heavy atom. The van der Waals surface area contributed by atoms with Crippen molar-refractivity contribution >= 4 is 68.2 Å². The fourth-order valence-electron chi connectivity index (χ4n) is 2.91. The molecule has 3 rings (SSSR count). The van der Waals surface area contributed by atoms with Gasteiger partial charge in [-0.3, -0.25) is 4.79 Å². The molecule has 0 saturated carbocycles. The number of methoxy groups -OCH3 is 1. The molecule has 13 heteroatoms. The van der Waals surface area contributed by atoms with Crippen molar-refractivity contribution in [1.29, 1.82) is 0 Å². The summed E-state index contributed by atoms with van der Waals surface area (Å²) in [4.78, 5) is 23.5. The topological polar surface area (TPSA) is 125 Å². The Balaban J connectivity index is 1.88. The summed E-state index contributed by atoms with van der Waals surface area (Å²) in [6, 6.07) is 5.19. The fourth-order valence-corrected chi connectivity index (χ4v) is 5.48. The van der Waals surface area contributed by atoms with E-state index < -0.39 is 38.7 Å². The lowest BCUT2D eigenvalue weighted by atomic mass is 10.1. The van der Waals surface area contributed by atoms with Gasteiger partial charge in [0.1, 0.15) is 10.9 Å². The second-order valence-corrected chi connectivity index (χ2v) is 9.42. The molecule has 1 heterocycles. The first kappa shape index (κ1) is 23.4. The zero-order chi connectivity index (χ0) is 22.9. The molecule has 2 aromatic carbocycles. The van der Waals surface area contributed by atoms with E-state index in [2.05, 4.69) is 15.4 Å². The molecule has 1 saturated heterocycles. The van der Waals surface area contributed by atoms with Crippen molar-refractivity contribution in [3.63, 3.8) is 0 Å². The van der Waals surface area contributed by atoms with Crippen molar-refractivity contribution in [3.8, 4) is 5.75 Å². The number of hydrogen-bond acceptors (Lipinski definition) is 6. The minimum Gasteiger partial charge on any atom is -0.504 e. The molecule has 1 fully saturated rings. The van der Waals surface area contributed by atoms with E-state index >= 15 is 0 Å². The molecule has 2 aromatic rings. The molecule has 0 bridgehead atoms. The predicted molar refractivity (Wildman–Crippen MR) is 117 cm³/mol. The van der Waals surface area contributed by atoms with Gasteiger partial charge in [0.25, 0.3) is 0 Å². The lowest BCUT2D eigenvalue weighted by Gasteiger charge is -2.37. The first-order valence-electron chi connectivity index (χ1n) is 8.71. The molecular weight excluding hydrogens is 493 g/mol. The Morgan fingerprint density at radius 2 is 1.77 bits per heavy atom. The number of amides is 2. The lowest BCUT2D eigenvalue weighted by Crippen LogP contribution is -2.55. The molecule has 0 spiro atoms. The van der Waals surface area contributed by atoms with Gasteiger partial charge < -0.3 is 20.5 Å². The minimum atomic E-state index is -4.36. The number of ether oxygens (including phenoxy) is 1. The average Bonchev–Trinajstić information content (AvgIpc) is 2.66. The van der Waals surface area contributed by atoms with Crippen LogP contribution in [0.5, 0.6) is 5.75 Å². The number of carbonyl (C=O) groups is 2. The summed E-state index contributed by atoms with van der Waals surface area (Å²) in [5.41, 5.74) is -0.0248. The molecule has 9 nitrogen and oxygen atoms in total. The number of nitrogens with one attached hydrogen (secondary N) is 2. The van der Waals surface area contributed by atoms with Crippen LogP contribution in [0.4, 0.5) is 16.2 Å². The molecular formula is C18H16Cl3N3O6S. The number of sulfonamides is 1. The van der Waals surface area contributed by atoms with Crippen LogP contribution >= 0.6 is 34.8 Å². The maximum absolute atomic E-state index is 13.0. The number of phenolic OH excluding ortho intramolecular Hbond substituents is 1. The van der Waals surface area contributed by atoms with Crippen LogP contribution in [0.25, 0.3) is 0 Å². The molecule has 0 aromatic heterocycles. The van der Waals surface area contributed by atoms with Crippen LogP contribution < -0.4 is 10.6 Å². The van der Waals surface area contributed by atoms with Gasteiger partial charge in [-0.05, 0) is 30.7 Å². The van der Waals surface area contributed by atoms with Crippen molar-refractivity contribution in [3.05, 3.63) is 45.4 Å². The first-order chi connectivity index (χ1) is 14.6. The quantitative estimate of drug-likeness (QED) is 0.415. The number of phenols is 1. The van der Waals surface area contributed by atoms with Crippen molar-refractivity contribution in [1.82, 2.24) is 4.31 Å². The Kier molecular flexibility index (Phi) is 6.87. The summed E-state index contributed by atoms with van der Waals surface area (Å²) in [6.45, 7) is 0.0449. The van der Waals surface area contributed by atoms with E-state index in [4.69, 9.17) is 34.8 Å². The maximum atomic E-state index is 13.0. The van der Waals surface area contributed by atoms with Gasteiger partial charge in [-0.15, -0.1) is 0 Å². The second kappa shape index (κ2) is 9.09. The SMILES string of the molecule is COC(=O)C1CCN1S(=O)(=O)c1c(Cl)ccc(NC(=O)Nc2cccc(Cl)c2Cl)c1O. The number of esters is 1. The summed E-state index contributed by atoms with van der Waals surface area (Å²) in [7, 11) is -3.21. The number of benzene rings is 2. The number of anilines is 2. The zero-order valence-corrected chi connectivity index (χ0v) is 18.9. The Morgan fingerprint density at radius 3 is 2.39 bits per heavy atom. The number of halogens is 3. The molecule has 3 N–H and O–H groups in total. The predicted octanol–water partition coefficient (Wildman–Crippen LogP) is 3.93. The Hall–Kier alpha value is -2.24.